The Bertz CT molecular complexity index is 519. The van der Waals surface area contributed by atoms with E-state index in [-0.39, 0.29) is 5.56 Å². The van der Waals surface area contributed by atoms with Gasteiger partial charge in [-0.25, -0.2) is 4.98 Å². The molecule has 1 aromatic heterocycles. The third kappa shape index (κ3) is 2.92. The van der Waals surface area contributed by atoms with Gasteiger partial charge in [0.15, 0.2) is 0 Å². The Morgan fingerprint density at radius 1 is 1.50 bits per heavy atom. The fraction of sp³-hybridized carbons (Fsp3) is 0.714. The summed E-state index contributed by atoms with van der Waals surface area (Å²) in [6.45, 7) is 1.89. The molecule has 1 aromatic rings. The van der Waals surface area contributed by atoms with Gasteiger partial charge in [-0.3, -0.25) is 4.79 Å². The molecule has 0 bridgehead atoms. The van der Waals surface area contributed by atoms with E-state index in [4.69, 9.17) is 9.47 Å². The summed E-state index contributed by atoms with van der Waals surface area (Å²) in [5.41, 5.74) is 0.136. The first kappa shape index (κ1) is 13.7. The van der Waals surface area contributed by atoms with Crippen molar-refractivity contribution >= 4 is 0 Å². The molecule has 0 radical (unpaired) electrons. The van der Waals surface area contributed by atoms with Gasteiger partial charge in [-0.1, -0.05) is 0 Å². The standard InChI is InChI=1S/C14H21N3O3/c1-19-14(4-6-20-7-5-14)13-16-11(8-12(18)17-13)9-15-10-2-3-10/h8,10,15H,2-7,9H2,1H3,(H,16,17,18). The normalized spacial score (nSPS) is 21.9. The average molecular weight is 279 g/mol. The quantitative estimate of drug-likeness (QED) is 0.828. The van der Waals surface area contributed by atoms with E-state index in [9.17, 15) is 4.79 Å². The van der Waals surface area contributed by atoms with E-state index in [2.05, 4.69) is 15.3 Å². The van der Waals surface area contributed by atoms with Crippen LogP contribution in [0.4, 0.5) is 0 Å². The lowest BCUT2D eigenvalue weighted by Crippen LogP contribution is -2.39. The summed E-state index contributed by atoms with van der Waals surface area (Å²) in [7, 11) is 1.67. The predicted molar refractivity (Wildman–Crippen MR) is 73.5 cm³/mol. The highest BCUT2D eigenvalue weighted by Crippen LogP contribution is 2.32. The largest absolute Gasteiger partial charge is 0.381 e. The van der Waals surface area contributed by atoms with Gasteiger partial charge in [0.1, 0.15) is 11.4 Å². The highest BCUT2D eigenvalue weighted by Gasteiger charge is 2.37. The third-order valence-electron chi connectivity index (χ3n) is 4.07. The number of rotatable bonds is 5. The van der Waals surface area contributed by atoms with Crippen molar-refractivity contribution in [2.45, 2.75) is 43.9 Å². The van der Waals surface area contributed by atoms with Crippen molar-refractivity contribution in [2.24, 2.45) is 0 Å². The van der Waals surface area contributed by atoms with Gasteiger partial charge >= 0.3 is 0 Å². The van der Waals surface area contributed by atoms with Crippen LogP contribution in [0.5, 0.6) is 0 Å². The maximum absolute atomic E-state index is 11.9. The van der Waals surface area contributed by atoms with Crippen molar-refractivity contribution in [3.63, 3.8) is 0 Å². The van der Waals surface area contributed by atoms with Gasteiger partial charge in [0.2, 0.25) is 0 Å². The van der Waals surface area contributed by atoms with Crippen LogP contribution in [0.25, 0.3) is 0 Å². The van der Waals surface area contributed by atoms with Crippen molar-refractivity contribution in [1.82, 2.24) is 15.3 Å². The molecule has 1 aliphatic heterocycles. The molecule has 0 atom stereocenters. The zero-order chi connectivity index (χ0) is 14.0. The Morgan fingerprint density at radius 3 is 2.90 bits per heavy atom. The van der Waals surface area contributed by atoms with Crippen molar-refractivity contribution in [1.29, 1.82) is 0 Å². The van der Waals surface area contributed by atoms with Crippen molar-refractivity contribution in [2.75, 3.05) is 20.3 Å². The summed E-state index contributed by atoms with van der Waals surface area (Å²) in [4.78, 5) is 19.3. The molecule has 0 aromatic carbocycles. The van der Waals surface area contributed by atoms with Gasteiger partial charge in [0.05, 0.1) is 5.69 Å². The van der Waals surface area contributed by atoms with Gasteiger partial charge in [-0.2, -0.15) is 0 Å². The molecule has 6 nitrogen and oxygen atoms in total. The third-order valence-corrected chi connectivity index (χ3v) is 4.07. The van der Waals surface area contributed by atoms with Crippen molar-refractivity contribution < 1.29 is 9.47 Å². The first-order valence-corrected chi connectivity index (χ1v) is 7.19. The molecule has 0 amide bonds. The first-order chi connectivity index (χ1) is 9.72. The van der Waals surface area contributed by atoms with Crippen LogP contribution in [-0.2, 0) is 21.6 Å². The second-order valence-electron chi connectivity index (χ2n) is 5.55. The number of hydrogen-bond acceptors (Lipinski definition) is 5. The van der Waals surface area contributed by atoms with E-state index in [0.29, 0.717) is 44.5 Å². The molecule has 20 heavy (non-hydrogen) atoms. The van der Waals surface area contributed by atoms with Crippen molar-refractivity contribution in [3.05, 3.63) is 27.9 Å². The van der Waals surface area contributed by atoms with Crippen LogP contribution in [0.15, 0.2) is 10.9 Å². The number of aromatic amines is 1. The molecular weight excluding hydrogens is 258 g/mol. The van der Waals surface area contributed by atoms with Crippen LogP contribution in [0.2, 0.25) is 0 Å². The van der Waals surface area contributed by atoms with Crippen LogP contribution in [0.3, 0.4) is 0 Å². The second-order valence-corrected chi connectivity index (χ2v) is 5.55. The molecular formula is C14H21N3O3. The summed E-state index contributed by atoms with van der Waals surface area (Å²) < 4.78 is 11.1. The number of aromatic nitrogens is 2. The fourth-order valence-electron chi connectivity index (χ4n) is 2.59. The van der Waals surface area contributed by atoms with E-state index in [1.165, 1.54) is 12.8 Å². The summed E-state index contributed by atoms with van der Waals surface area (Å²) >= 11 is 0. The van der Waals surface area contributed by atoms with Gasteiger partial charge in [0.25, 0.3) is 5.56 Å². The molecule has 6 heteroatoms. The SMILES string of the molecule is COC1(c2nc(CNC3CC3)cc(=O)[nH]2)CCOCC1. The molecule has 1 saturated heterocycles. The van der Waals surface area contributed by atoms with Gasteiger partial charge in [-0.05, 0) is 12.8 Å². The lowest BCUT2D eigenvalue weighted by molar-refractivity contribution is -0.100. The Morgan fingerprint density at radius 2 is 2.25 bits per heavy atom. The Labute approximate surface area is 117 Å². The maximum Gasteiger partial charge on any atom is 0.251 e. The average Bonchev–Trinajstić information content (AvgIpc) is 3.29. The van der Waals surface area contributed by atoms with E-state index < -0.39 is 5.60 Å². The summed E-state index contributed by atoms with van der Waals surface area (Å²) in [5.74, 6) is 0.628. The molecule has 1 aliphatic carbocycles. The van der Waals surface area contributed by atoms with Crippen molar-refractivity contribution in [3.8, 4) is 0 Å². The van der Waals surface area contributed by atoms with E-state index in [1.54, 1.807) is 13.2 Å². The van der Waals surface area contributed by atoms with Crippen LogP contribution in [0.1, 0.15) is 37.2 Å². The predicted octanol–water partition coefficient (Wildman–Crippen LogP) is 0.674. The Hall–Kier alpha value is -1.24. The fourth-order valence-corrected chi connectivity index (χ4v) is 2.59. The van der Waals surface area contributed by atoms with Gasteiger partial charge in [-0.15, -0.1) is 0 Å². The topological polar surface area (TPSA) is 76.2 Å². The van der Waals surface area contributed by atoms with E-state index in [0.717, 1.165) is 5.69 Å². The number of nitrogens with zero attached hydrogens (tertiary/aromatic N) is 1. The molecule has 2 fully saturated rings. The highest BCUT2D eigenvalue weighted by molar-refractivity contribution is 5.10. The number of nitrogens with one attached hydrogen (secondary N) is 2. The molecule has 2 N–H and O–H groups in total. The van der Waals surface area contributed by atoms with Gasteiger partial charge < -0.3 is 19.8 Å². The summed E-state index contributed by atoms with van der Waals surface area (Å²) in [6, 6.07) is 2.15. The molecule has 2 heterocycles. The smallest absolute Gasteiger partial charge is 0.251 e. The number of H-pyrrole nitrogens is 1. The van der Waals surface area contributed by atoms with Crippen LogP contribution in [0, 0.1) is 0 Å². The number of ether oxygens (including phenoxy) is 2. The lowest BCUT2D eigenvalue weighted by Gasteiger charge is -2.34. The lowest BCUT2D eigenvalue weighted by atomic mass is 9.93. The minimum atomic E-state index is -0.521. The molecule has 2 aliphatic rings. The monoisotopic (exact) mass is 279 g/mol. The highest BCUT2D eigenvalue weighted by atomic mass is 16.5. The molecule has 0 spiro atoms. The van der Waals surface area contributed by atoms with E-state index >= 15 is 0 Å². The number of hydrogen-bond donors (Lipinski definition) is 2. The van der Waals surface area contributed by atoms with Crippen LogP contribution >= 0.6 is 0 Å². The zero-order valence-corrected chi connectivity index (χ0v) is 11.8. The minimum absolute atomic E-state index is 0.120. The summed E-state index contributed by atoms with van der Waals surface area (Å²) in [5, 5.41) is 3.38. The molecule has 0 unspecified atom stereocenters. The maximum atomic E-state index is 11.9. The molecule has 1 saturated carbocycles. The molecule has 3 rings (SSSR count). The first-order valence-electron chi connectivity index (χ1n) is 7.19. The Kier molecular flexibility index (Phi) is 3.87. The van der Waals surface area contributed by atoms with E-state index in [1.807, 2.05) is 0 Å². The minimum Gasteiger partial charge on any atom is -0.381 e. The molecule has 110 valence electrons. The zero-order valence-electron chi connectivity index (χ0n) is 11.8. The summed E-state index contributed by atoms with van der Waals surface area (Å²) in [6.07, 6.45) is 3.86. The van der Waals surface area contributed by atoms with Crippen LogP contribution < -0.4 is 10.9 Å². The number of methoxy groups -OCH3 is 1. The van der Waals surface area contributed by atoms with Gasteiger partial charge in [0, 0.05) is 51.8 Å². The second kappa shape index (κ2) is 5.63. The van der Waals surface area contributed by atoms with Crippen LogP contribution in [-0.4, -0.2) is 36.3 Å². The Balaban J connectivity index is 1.84.